The zero-order chi connectivity index (χ0) is 13.3. The van der Waals surface area contributed by atoms with Crippen molar-refractivity contribution in [1.29, 1.82) is 0 Å². The van der Waals surface area contributed by atoms with E-state index in [1.54, 1.807) is 11.1 Å². The van der Waals surface area contributed by atoms with E-state index in [0.29, 0.717) is 5.54 Å². The van der Waals surface area contributed by atoms with Crippen LogP contribution in [0.25, 0.3) is 0 Å². The molecule has 1 N–H and O–H groups in total. The second kappa shape index (κ2) is 5.28. The minimum Gasteiger partial charge on any atom is -0.311 e. The van der Waals surface area contributed by atoms with Crippen molar-refractivity contribution in [3.05, 3.63) is 35.4 Å². The van der Waals surface area contributed by atoms with Gasteiger partial charge in [0.1, 0.15) is 0 Å². The third-order valence-electron chi connectivity index (χ3n) is 4.67. The van der Waals surface area contributed by atoms with Gasteiger partial charge in [-0.15, -0.1) is 0 Å². The van der Waals surface area contributed by atoms with Crippen molar-refractivity contribution >= 4 is 0 Å². The van der Waals surface area contributed by atoms with E-state index in [1.165, 1.54) is 45.1 Å². The Balaban J connectivity index is 1.75. The summed E-state index contributed by atoms with van der Waals surface area (Å²) < 4.78 is 0. The van der Waals surface area contributed by atoms with Crippen molar-refractivity contribution < 1.29 is 0 Å². The second-order valence-electron chi connectivity index (χ2n) is 7.10. The predicted molar refractivity (Wildman–Crippen MR) is 81.5 cm³/mol. The molecule has 1 atom stereocenters. The minimum atomic E-state index is 0.371. The Hall–Kier alpha value is -0.820. The number of rotatable bonds is 5. The molecular formula is C18H27N. The predicted octanol–water partition coefficient (Wildman–Crippen LogP) is 4.27. The summed E-state index contributed by atoms with van der Waals surface area (Å²) in [4.78, 5) is 0. The van der Waals surface area contributed by atoms with Crippen molar-refractivity contribution in [2.45, 2.75) is 63.8 Å². The lowest BCUT2D eigenvalue weighted by atomic mass is 9.82. The van der Waals surface area contributed by atoms with E-state index in [-0.39, 0.29) is 0 Å². The van der Waals surface area contributed by atoms with Crippen LogP contribution in [-0.2, 0) is 6.42 Å². The van der Waals surface area contributed by atoms with Crippen LogP contribution in [0.1, 0.15) is 63.0 Å². The first-order valence-electron chi connectivity index (χ1n) is 8.01. The fourth-order valence-electron chi connectivity index (χ4n) is 3.81. The van der Waals surface area contributed by atoms with Gasteiger partial charge in [-0.25, -0.2) is 0 Å². The number of nitrogens with one attached hydrogen (secondary N) is 1. The Morgan fingerprint density at radius 1 is 1.32 bits per heavy atom. The number of hydrogen-bond donors (Lipinski definition) is 1. The van der Waals surface area contributed by atoms with Crippen molar-refractivity contribution in [2.75, 3.05) is 6.54 Å². The first-order chi connectivity index (χ1) is 9.17. The fraction of sp³-hybridized carbons (Fsp3) is 0.667. The average Bonchev–Trinajstić information content (AvgIpc) is 3.12. The molecule has 0 amide bonds. The highest BCUT2D eigenvalue weighted by molar-refractivity contribution is 5.30. The molecule has 0 aromatic heterocycles. The van der Waals surface area contributed by atoms with E-state index >= 15 is 0 Å². The maximum Gasteiger partial charge on any atom is 0.0224 e. The Morgan fingerprint density at radius 2 is 2.16 bits per heavy atom. The van der Waals surface area contributed by atoms with Gasteiger partial charge in [0.2, 0.25) is 0 Å². The first-order valence-corrected chi connectivity index (χ1v) is 8.01. The number of hydrogen-bond acceptors (Lipinski definition) is 1. The molecule has 1 saturated heterocycles. The van der Waals surface area contributed by atoms with Gasteiger partial charge in [-0.2, -0.15) is 0 Å². The highest BCUT2D eigenvalue weighted by Crippen LogP contribution is 2.40. The van der Waals surface area contributed by atoms with Crippen molar-refractivity contribution in [3.63, 3.8) is 0 Å². The van der Waals surface area contributed by atoms with Gasteiger partial charge in [-0.1, -0.05) is 38.1 Å². The normalized spacial score (nSPS) is 27.1. The van der Waals surface area contributed by atoms with Crippen LogP contribution in [0, 0.1) is 5.92 Å². The molecule has 1 aromatic rings. The van der Waals surface area contributed by atoms with Crippen molar-refractivity contribution in [3.8, 4) is 0 Å². The average molecular weight is 257 g/mol. The summed E-state index contributed by atoms with van der Waals surface area (Å²) in [7, 11) is 0. The molecule has 1 heterocycles. The lowest BCUT2D eigenvalue weighted by Gasteiger charge is -2.32. The van der Waals surface area contributed by atoms with Gasteiger partial charge in [0, 0.05) is 5.54 Å². The van der Waals surface area contributed by atoms with Gasteiger partial charge in [-0.3, -0.25) is 0 Å². The van der Waals surface area contributed by atoms with Gasteiger partial charge < -0.3 is 5.32 Å². The maximum atomic E-state index is 3.81. The molecule has 1 aromatic carbocycles. The molecular weight excluding hydrogens is 230 g/mol. The summed E-state index contributed by atoms with van der Waals surface area (Å²) in [6.07, 6.45) is 8.01. The molecule has 1 nitrogen and oxygen atoms in total. The van der Waals surface area contributed by atoms with Crippen LogP contribution in [0.15, 0.2) is 24.3 Å². The zero-order valence-electron chi connectivity index (χ0n) is 12.4. The van der Waals surface area contributed by atoms with Crippen LogP contribution >= 0.6 is 0 Å². The third kappa shape index (κ3) is 3.20. The number of benzene rings is 1. The van der Waals surface area contributed by atoms with Crippen molar-refractivity contribution in [2.24, 2.45) is 5.92 Å². The van der Waals surface area contributed by atoms with Gasteiger partial charge >= 0.3 is 0 Å². The SMILES string of the molecule is CC(C)CC1(Cc2cccc(C3CC3)c2)CCCN1. The summed E-state index contributed by atoms with van der Waals surface area (Å²) in [6.45, 7) is 5.90. The standard InChI is InChI=1S/C18H27N/c1-14(2)12-18(9-4-10-19-18)13-15-5-3-6-17(11-15)16-7-8-16/h3,5-6,11,14,16,19H,4,7-10,12-13H2,1-2H3. The van der Waals surface area contributed by atoms with Crippen LogP contribution in [0.4, 0.5) is 0 Å². The summed E-state index contributed by atoms with van der Waals surface area (Å²) in [5.74, 6) is 1.65. The quantitative estimate of drug-likeness (QED) is 0.830. The molecule has 2 aliphatic rings. The van der Waals surface area contributed by atoms with E-state index in [9.17, 15) is 0 Å². The molecule has 1 heteroatoms. The Labute approximate surface area is 117 Å². The third-order valence-corrected chi connectivity index (χ3v) is 4.67. The summed E-state index contributed by atoms with van der Waals surface area (Å²) in [5.41, 5.74) is 3.49. The fourth-order valence-corrected chi connectivity index (χ4v) is 3.81. The van der Waals surface area contributed by atoms with E-state index in [4.69, 9.17) is 0 Å². The molecule has 1 aliphatic heterocycles. The van der Waals surface area contributed by atoms with E-state index in [2.05, 4.69) is 43.4 Å². The van der Waals surface area contributed by atoms with Crippen LogP contribution < -0.4 is 5.32 Å². The van der Waals surface area contributed by atoms with Crippen molar-refractivity contribution in [1.82, 2.24) is 5.32 Å². The van der Waals surface area contributed by atoms with Crippen LogP contribution in [0.2, 0.25) is 0 Å². The van der Waals surface area contributed by atoms with Crippen LogP contribution in [0.5, 0.6) is 0 Å². The molecule has 104 valence electrons. The molecule has 1 unspecified atom stereocenters. The summed E-state index contributed by atoms with van der Waals surface area (Å²) in [6, 6.07) is 9.38. The monoisotopic (exact) mass is 257 g/mol. The topological polar surface area (TPSA) is 12.0 Å². The maximum absolute atomic E-state index is 3.81. The van der Waals surface area contributed by atoms with Gasteiger partial charge in [0.25, 0.3) is 0 Å². The second-order valence-corrected chi connectivity index (χ2v) is 7.10. The Bertz CT molecular complexity index is 425. The van der Waals surface area contributed by atoms with Gasteiger partial charge in [0.05, 0.1) is 0 Å². The largest absolute Gasteiger partial charge is 0.311 e. The van der Waals surface area contributed by atoms with E-state index in [1.807, 2.05) is 0 Å². The molecule has 2 fully saturated rings. The summed E-state index contributed by atoms with van der Waals surface area (Å²) >= 11 is 0. The highest BCUT2D eigenvalue weighted by atomic mass is 15.0. The molecule has 3 rings (SSSR count). The Kier molecular flexibility index (Phi) is 3.66. The van der Waals surface area contributed by atoms with Crippen LogP contribution in [-0.4, -0.2) is 12.1 Å². The highest BCUT2D eigenvalue weighted by Gasteiger charge is 2.34. The van der Waals surface area contributed by atoms with Crippen LogP contribution in [0.3, 0.4) is 0 Å². The van der Waals surface area contributed by atoms with E-state index in [0.717, 1.165) is 11.8 Å². The summed E-state index contributed by atoms with van der Waals surface area (Å²) in [5, 5.41) is 3.81. The molecule has 0 spiro atoms. The molecule has 1 saturated carbocycles. The Morgan fingerprint density at radius 3 is 2.79 bits per heavy atom. The van der Waals surface area contributed by atoms with Gasteiger partial charge in [-0.05, 0) is 68.0 Å². The lowest BCUT2D eigenvalue weighted by Crippen LogP contribution is -2.43. The lowest BCUT2D eigenvalue weighted by molar-refractivity contribution is 0.301. The minimum absolute atomic E-state index is 0.371. The molecule has 0 radical (unpaired) electrons. The van der Waals surface area contributed by atoms with Gasteiger partial charge in [0.15, 0.2) is 0 Å². The van der Waals surface area contributed by atoms with E-state index < -0.39 is 0 Å². The molecule has 1 aliphatic carbocycles. The molecule has 0 bridgehead atoms. The smallest absolute Gasteiger partial charge is 0.0224 e. The first kappa shape index (κ1) is 13.2. The molecule has 19 heavy (non-hydrogen) atoms. The zero-order valence-corrected chi connectivity index (χ0v) is 12.4.